The Hall–Kier alpha value is -0.930. The third kappa shape index (κ3) is 2.19. The molecule has 82 valence electrons. The Labute approximate surface area is 89.2 Å². The van der Waals surface area contributed by atoms with E-state index >= 15 is 0 Å². The molecular formula is C12H16FNO. The third-order valence-corrected chi connectivity index (χ3v) is 2.94. The van der Waals surface area contributed by atoms with E-state index in [1.807, 2.05) is 6.07 Å². The van der Waals surface area contributed by atoms with Gasteiger partial charge < -0.3 is 10.5 Å². The number of hydrogen-bond acceptors (Lipinski definition) is 2. The molecule has 1 saturated heterocycles. The smallest absolute Gasteiger partial charge is 0.126 e. The number of nitrogens with two attached hydrogens (primary N) is 1. The van der Waals surface area contributed by atoms with Gasteiger partial charge in [0.05, 0.1) is 12.2 Å². The molecule has 1 aromatic rings. The highest BCUT2D eigenvalue weighted by molar-refractivity contribution is 5.25. The number of ether oxygens (including phenoxy) is 1. The van der Waals surface area contributed by atoms with E-state index in [4.69, 9.17) is 10.5 Å². The van der Waals surface area contributed by atoms with Gasteiger partial charge in [0.1, 0.15) is 5.82 Å². The lowest BCUT2D eigenvalue weighted by Crippen LogP contribution is -2.18. The van der Waals surface area contributed by atoms with Crippen molar-refractivity contribution in [2.24, 2.45) is 5.73 Å². The summed E-state index contributed by atoms with van der Waals surface area (Å²) in [6, 6.07) is 5.30. The first kappa shape index (κ1) is 10.6. The molecule has 2 N–H and O–H groups in total. The quantitative estimate of drug-likeness (QED) is 0.811. The van der Waals surface area contributed by atoms with Crippen LogP contribution in [0.25, 0.3) is 0 Å². The van der Waals surface area contributed by atoms with Crippen molar-refractivity contribution in [1.82, 2.24) is 0 Å². The van der Waals surface area contributed by atoms with Crippen molar-refractivity contribution < 1.29 is 9.13 Å². The van der Waals surface area contributed by atoms with Gasteiger partial charge in [-0.3, -0.25) is 0 Å². The van der Waals surface area contributed by atoms with E-state index in [0.717, 1.165) is 18.4 Å². The van der Waals surface area contributed by atoms with Crippen molar-refractivity contribution >= 4 is 0 Å². The minimum absolute atomic E-state index is 0.0219. The van der Waals surface area contributed by atoms with Gasteiger partial charge >= 0.3 is 0 Å². The molecule has 1 aromatic carbocycles. The van der Waals surface area contributed by atoms with Crippen molar-refractivity contribution in [3.63, 3.8) is 0 Å². The highest BCUT2D eigenvalue weighted by Gasteiger charge is 2.25. The molecule has 0 radical (unpaired) electrons. The molecule has 0 spiro atoms. The molecule has 2 nitrogen and oxygen atoms in total. The lowest BCUT2D eigenvalue weighted by Gasteiger charge is -2.13. The van der Waals surface area contributed by atoms with Gasteiger partial charge in [0.15, 0.2) is 0 Å². The third-order valence-electron chi connectivity index (χ3n) is 2.94. The summed E-state index contributed by atoms with van der Waals surface area (Å²) in [6.45, 7) is 2.31. The minimum Gasteiger partial charge on any atom is -0.369 e. The highest BCUT2D eigenvalue weighted by atomic mass is 19.1. The molecule has 15 heavy (non-hydrogen) atoms. The average Bonchev–Trinajstić information content (AvgIpc) is 2.70. The van der Waals surface area contributed by atoms with Crippen LogP contribution in [-0.4, -0.2) is 12.6 Å². The van der Waals surface area contributed by atoms with Gasteiger partial charge in [-0.2, -0.15) is 0 Å². The van der Waals surface area contributed by atoms with E-state index in [1.165, 1.54) is 0 Å². The van der Waals surface area contributed by atoms with Crippen LogP contribution in [0, 0.1) is 12.7 Å². The van der Waals surface area contributed by atoms with E-state index in [-0.39, 0.29) is 18.0 Å². The zero-order chi connectivity index (χ0) is 10.8. The van der Waals surface area contributed by atoms with E-state index in [1.54, 1.807) is 19.1 Å². The summed E-state index contributed by atoms with van der Waals surface area (Å²) in [5.41, 5.74) is 7.13. The Balaban J connectivity index is 2.13. The summed E-state index contributed by atoms with van der Waals surface area (Å²) >= 11 is 0. The second kappa shape index (κ2) is 4.29. The van der Waals surface area contributed by atoms with Crippen molar-refractivity contribution in [3.8, 4) is 0 Å². The fraction of sp³-hybridized carbons (Fsp3) is 0.500. The van der Waals surface area contributed by atoms with Gasteiger partial charge in [0.2, 0.25) is 0 Å². The molecule has 0 amide bonds. The first-order valence-electron chi connectivity index (χ1n) is 5.32. The molecule has 1 aliphatic heterocycles. The maximum atomic E-state index is 13.3. The number of rotatable bonds is 2. The zero-order valence-electron chi connectivity index (χ0n) is 8.87. The SMILES string of the molecule is Cc1ccc([C@@H]2CC[C@H](CN)O2)cc1F. The maximum absolute atomic E-state index is 13.3. The topological polar surface area (TPSA) is 35.2 Å². The molecule has 0 bridgehead atoms. The molecule has 1 aliphatic rings. The first-order valence-corrected chi connectivity index (χ1v) is 5.32. The standard InChI is InChI=1S/C12H16FNO/c1-8-2-3-9(6-11(8)13)12-5-4-10(7-14)15-12/h2-3,6,10,12H,4-5,7,14H2,1H3/t10-,12+/m1/s1. The normalized spacial score (nSPS) is 25.8. The van der Waals surface area contributed by atoms with E-state index < -0.39 is 0 Å². The Morgan fingerprint density at radius 2 is 2.27 bits per heavy atom. The summed E-state index contributed by atoms with van der Waals surface area (Å²) in [6.07, 6.45) is 2.06. The Morgan fingerprint density at radius 1 is 1.47 bits per heavy atom. The van der Waals surface area contributed by atoms with Crippen LogP contribution in [0.2, 0.25) is 0 Å². The van der Waals surface area contributed by atoms with Crippen LogP contribution in [0.4, 0.5) is 4.39 Å². The molecule has 2 rings (SSSR count). The summed E-state index contributed by atoms with van der Waals surface area (Å²) in [7, 11) is 0. The molecule has 3 heteroatoms. The van der Waals surface area contributed by atoms with Crippen LogP contribution in [-0.2, 0) is 4.74 Å². The second-order valence-corrected chi connectivity index (χ2v) is 4.07. The molecule has 1 heterocycles. The largest absolute Gasteiger partial charge is 0.369 e. The van der Waals surface area contributed by atoms with Crippen LogP contribution in [0.5, 0.6) is 0 Å². The summed E-state index contributed by atoms with van der Waals surface area (Å²) in [5, 5.41) is 0. The van der Waals surface area contributed by atoms with Gasteiger partial charge in [0, 0.05) is 6.54 Å². The molecule has 0 aliphatic carbocycles. The van der Waals surface area contributed by atoms with Crippen LogP contribution in [0.15, 0.2) is 18.2 Å². The van der Waals surface area contributed by atoms with Gasteiger partial charge in [-0.05, 0) is 37.0 Å². The Morgan fingerprint density at radius 3 is 2.87 bits per heavy atom. The molecule has 0 aromatic heterocycles. The summed E-state index contributed by atoms with van der Waals surface area (Å²) in [4.78, 5) is 0. The number of aryl methyl sites for hydroxylation is 1. The number of halogens is 1. The van der Waals surface area contributed by atoms with E-state index in [0.29, 0.717) is 12.1 Å². The van der Waals surface area contributed by atoms with Crippen molar-refractivity contribution in [3.05, 3.63) is 35.1 Å². The lowest BCUT2D eigenvalue weighted by molar-refractivity contribution is 0.0497. The van der Waals surface area contributed by atoms with Crippen molar-refractivity contribution in [2.45, 2.75) is 32.0 Å². The zero-order valence-corrected chi connectivity index (χ0v) is 8.87. The monoisotopic (exact) mass is 209 g/mol. The summed E-state index contributed by atoms with van der Waals surface area (Å²) < 4.78 is 19.0. The Kier molecular flexibility index (Phi) is 3.03. The van der Waals surface area contributed by atoms with Gasteiger partial charge in [-0.15, -0.1) is 0 Å². The van der Waals surface area contributed by atoms with Crippen LogP contribution in [0.1, 0.15) is 30.1 Å². The molecule has 1 fully saturated rings. The minimum atomic E-state index is -0.160. The van der Waals surface area contributed by atoms with Gasteiger partial charge in [-0.1, -0.05) is 12.1 Å². The van der Waals surface area contributed by atoms with Crippen molar-refractivity contribution in [1.29, 1.82) is 0 Å². The predicted molar refractivity (Wildman–Crippen MR) is 57.0 cm³/mol. The predicted octanol–water partition coefficient (Wildman–Crippen LogP) is 2.31. The number of hydrogen-bond donors (Lipinski definition) is 1. The first-order chi connectivity index (χ1) is 7.20. The lowest BCUT2D eigenvalue weighted by atomic mass is 10.0. The maximum Gasteiger partial charge on any atom is 0.126 e. The Bertz CT molecular complexity index is 353. The summed E-state index contributed by atoms with van der Waals surface area (Å²) in [5.74, 6) is -0.160. The number of benzene rings is 1. The molecular weight excluding hydrogens is 193 g/mol. The molecule has 2 atom stereocenters. The van der Waals surface area contributed by atoms with Crippen molar-refractivity contribution in [2.75, 3.05) is 6.54 Å². The molecule has 0 unspecified atom stereocenters. The van der Waals surface area contributed by atoms with Gasteiger partial charge in [0.25, 0.3) is 0 Å². The fourth-order valence-electron chi connectivity index (χ4n) is 1.93. The van der Waals surface area contributed by atoms with Crippen LogP contribution in [0.3, 0.4) is 0 Å². The van der Waals surface area contributed by atoms with E-state index in [2.05, 4.69) is 0 Å². The molecule has 0 saturated carbocycles. The van der Waals surface area contributed by atoms with Crippen LogP contribution < -0.4 is 5.73 Å². The fourth-order valence-corrected chi connectivity index (χ4v) is 1.93. The highest BCUT2D eigenvalue weighted by Crippen LogP contribution is 2.32. The average molecular weight is 209 g/mol. The van der Waals surface area contributed by atoms with Crippen LogP contribution >= 0.6 is 0 Å². The second-order valence-electron chi connectivity index (χ2n) is 4.07. The van der Waals surface area contributed by atoms with Gasteiger partial charge in [-0.25, -0.2) is 4.39 Å². The van der Waals surface area contributed by atoms with E-state index in [9.17, 15) is 4.39 Å².